The molecule has 10 heteroatoms. The number of sulfone groups is 2. The zero-order valence-electron chi connectivity index (χ0n) is 22.4. The fourth-order valence-corrected chi connectivity index (χ4v) is 8.54. The van der Waals surface area contributed by atoms with Gasteiger partial charge in [-0.05, 0) is 86.3 Å². The van der Waals surface area contributed by atoms with Gasteiger partial charge in [0.25, 0.3) is 0 Å². The van der Waals surface area contributed by atoms with Crippen LogP contribution in [0.4, 0.5) is 0 Å². The number of hydrogen-bond acceptors (Lipinski definition) is 7. The molecule has 0 unspecified atom stereocenters. The Labute approximate surface area is 229 Å². The summed E-state index contributed by atoms with van der Waals surface area (Å²) >= 11 is 0. The molecule has 0 saturated carbocycles. The van der Waals surface area contributed by atoms with Gasteiger partial charge >= 0.3 is 0 Å². The molecule has 3 heterocycles. The van der Waals surface area contributed by atoms with E-state index in [2.05, 4.69) is 4.98 Å². The lowest BCUT2D eigenvalue weighted by Crippen LogP contribution is -2.17. The first-order valence-electron chi connectivity index (χ1n) is 12.9. The summed E-state index contributed by atoms with van der Waals surface area (Å²) in [7, 11) is -8.21. The van der Waals surface area contributed by atoms with Crippen LogP contribution in [0.2, 0.25) is 0 Å². The van der Waals surface area contributed by atoms with Gasteiger partial charge in [-0.25, -0.2) is 16.8 Å². The molecule has 0 bridgehead atoms. The lowest BCUT2D eigenvalue weighted by molar-refractivity contribution is 0.103. The fraction of sp³-hybridized carbons (Fsp3) is 0.310. The Bertz CT molecular complexity index is 1710. The first kappa shape index (κ1) is 28.5. The first-order valence-corrected chi connectivity index (χ1v) is 16.2. The van der Waals surface area contributed by atoms with Crippen LogP contribution in [-0.2, 0) is 19.7 Å². The summed E-state index contributed by atoms with van der Waals surface area (Å²) in [6, 6.07) is 13.3. The standard InChI is InChI=1S/C29H32N2O6S2/c1-5-17-38(33,34)28-25-19-23(21-11-14-30-15-12-21)13-16-31(25)26(29(28)39(35,36)18-6-2)27(32)22-7-9-24(10-8-22)37-20(3)4/h7-16,19-20H,5-6,17-18H2,1-4H3. The number of aromatic nitrogens is 2. The Balaban J connectivity index is 2.07. The Morgan fingerprint density at radius 3 is 2.00 bits per heavy atom. The number of ether oxygens (including phenoxy) is 1. The summed E-state index contributed by atoms with van der Waals surface area (Å²) in [6.07, 6.45) is 5.28. The number of rotatable bonds is 11. The van der Waals surface area contributed by atoms with Gasteiger partial charge in [0.15, 0.2) is 19.7 Å². The molecule has 4 aromatic rings. The van der Waals surface area contributed by atoms with Crippen molar-refractivity contribution < 1.29 is 26.4 Å². The molecule has 3 aromatic heterocycles. The van der Waals surface area contributed by atoms with Crippen LogP contribution in [0.3, 0.4) is 0 Å². The van der Waals surface area contributed by atoms with E-state index in [1.807, 2.05) is 13.8 Å². The number of fused-ring (bicyclic) bond motifs is 1. The Kier molecular flexibility index (Phi) is 8.27. The topological polar surface area (TPSA) is 112 Å². The molecule has 1 aromatic carbocycles. The van der Waals surface area contributed by atoms with E-state index in [-0.39, 0.29) is 52.1 Å². The maximum atomic E-state index is 14.0. The van der Waals surface area contributed by atoms with E-state index in [9.17, 15) is 21.6 Å². The number of hydrogen-bond donors (Lipinski definition) is 0. The van der Waals surface area contributed by atoms with Crippen LogP contribution < -0.4 is 4.74 Å². The van der Waals surface area contributed by atoms with Crippen LogP contribution in [0.25, 0.3) is 16.6 Å². The van der Waals surface area contributed by atoms with Crippen molar-refractivity contribution in [1.29, 1.82) is 0 Å². The Hall–Kier alpha value is -3.50. The molecule has 0 atom stereocenters. The molecule has 0 N–H and O–H groups in total. The molecule has 0 amide bonds. The first-order chi connectivity index (χ1) is 18.5. The summed E-state index contributed by atoms with van der Waals surface area (Å²) < 4.78 is 61.8. The van der Waals surface area contributed by atoms with E-state index in [4.69, 9.17) is 4.74 Å². The van der Waals surface area contributed by atoms with Crippen LogP contribution in [0.15, 0.2) is 76.9 Å². The molecule has 4 rings (SSSR count). The van der Waals surface area contributed by atoms with Crippen molar-refractivity contribution in [3.05, 3.63) is 78.4 Å². The monoisotopic (exact) mass is 568 g/mol. The highest BCUT2D eigenvalue weighted by molar-refractivity contribution is 7.94. The molecule has 0 aliphatic rings. The minimum Gasteiger partial charge on any atom is -0.491 e. The average Bonchev–Trinajstić information content (AvgIpc) is 3.25. The molecule has 0 aliphatic heterocycles. The predicted molar refractivity (Wildman–Crippen MR) is 151 cm³/mol. The minimum absolute atomic E-state index is 0.0622. The van der Waals surface area contributed by atoms with Gasteiger partial charge in [-0.15, -0.1) is 0 Å². The van der Waals surface area contributed by atoms with E-state index in [0.717, 1.165) is 5.56 Å². The second kappa shape index (κ2) is 11.3. The number of benzene rings is 1. The number of ketones is 1. The Morgan fingerprint density at radius 2 is 1.44 bits per heavy atom. The van der Waals surface area contributed by atoms with Gasteiger partial charge in [0.2, 0.25) is 5.78 Å². The smallest absolute Gasteiger partial charge is 0.211 e. The van der Waals surface area contributed by atoms with E-state index < -0.39 is 30.4 Å². The molecule has 0 fully saturated rings. The van der Waals surface area contributed by atoms with Gasteiger partial charge in [0.1, 0.15) is 21.2 Å². The summed E-state index contributed by atoms with van der Waals surface area (Å²) in [5, 5.41) is 0. The summed E-state index contributed by atoms with van der Waals surface area (Å²) in [6.45, 7) is 7.18. The second-order valence-corrected chi connectivity index (χ2v) is 13.7. The number of carbonyl (C=O) groups is 1. The van der Waals surface area contributed by atoms with E-state index >= 15 is 0 Å². The third-order valence-electron chi connectivity index (χ3n) is 6.13. The highest BCUT2D eigenvalue weighted by Gasteiger charge is 2.37. The van der Waals surface area contributed by atoms with Crippen molar-refractivity contribution in [2.24, 2.45) is 0 Å². The van der Waals surface area contributed by atoms with Gasteiger partial charge in [0, 0.05) is 24.2 Å². The van der Waals surface area contributed by atoms with Gasteiger partial charge < -0.3 is 9.14 Å². The normalized spacial score (nSPS) is 12.2. The van der Waals surface area contributed by atoms with Crippen molar-refractivity contribution in [3.63, 3.8) is 0 Å². The molecule has 0 aliphatic carbocycles. The molecular weight excluding hydrogens is 536 g/mol. The van der Waals surface area contributed by atoms with E-state index in [1.54, 1.807) is 81.0 Å². The lowest BCUT2D eigenvalue weighted by atomic mass is 10.1. The predicted octanol–water partition coefficient (Wildman–Crippen LogP) is 5.39. The third-order valence-corrected chi connectivity index (χ3v) is 10.2. The van der Waals surface area contributed by atoms with Gasteiger partial charge in [-0.1, -0.05) is 13.8 Å². The summed E-state index contributed by atoms with van der Waals surface area (Å²) in [4.78, 5) is 17.3. The SMILES string of the molecule is CCCS(=O)(=O)c1c(S(=O)(=O)CCC)c2cc(-c3ccncc3)ccn2c1C(=O)c1ccc(OC(C)C)cc1. The van der Waals surface area contributed by atoms with Crippen LogP contribution in [-0.4, -0.2) is 49.6 Å². The van der Waals surface area contributed by atoms with E-state index in [0.29, 0.717) is 11.3 Å². The lowest BCUT2D eigenvalue weighted by Gasteiger charge is -2.11. The molecule has 206 valence electrons. The second-order valence-electron chi connectivity index (χ2n) is 9.57. The largest absolute Gasteiger partial charge is 0.491 e. The van der Waals surface area contributed by atoms with Crippen LogP contribution >= 0.6 is 0 Å². The maximum absolute atomic E-state index is 14.0. The van der Waals surface area contributed by atoms with Crippen LogP contribution in [0.5, 0.6) is 5.75 Å². The summed E-state index contributed by atoms with van der Waals surface area (Å²) in [5.41, 5.74) is 1.63. The van der Waals surface area contributed by atoms with Crippen molar-refractivity contribution in [2.45, 2.75) is 56.4 Å². The van der Waals surface area contributed by atoms with Crippen molar-refractivity contribution in [3.8, 4) is 16.9 Å². The van der Waals surface area contributed by atoms with Crippen molar-refractivity contribution in [2.75, 3.05) is 11.5 Å². The maximum Gasteiger partial charge on any atom is 0.211 e. The van der Waals surface area contributed by atoms with Gasteiger partial charge in [0.05, 0.1) is 23.1 Å². The molecule has 39 heavy (non-hydrogen) atoms. The quantitative estimate of drug-likeness (QED) is 0.223. The van der Waals surface area contributed by atoms with E-state index in [1.165, 1.54) is 4.40 Å². The molecule has 0 radical (unpaired) electrons. The molecular formula is C29H32N2O6S2. The minimum atomic E-state index is -4.15. The third kappa shape index (κ3) is 5.77. The number of pyridine rings is 2. The molecule has 8 nitrogen and oxygen atoms in total. The number of carbonyl (C=O) groups excluding carboxylic acids is 1. The number of nitrogens with zero attached hydrogens (tertiary/aromatic N) is 2. The zero-order chi connectivity index (χ0) is 28.4. The highest BCUT2D eigenvalue weighted by Crippen LogP contribution is 2.37. The fourth-order valence-electron chi connectivity index (χ4n) is 4.56. The zero-order valence-corrected chi connectivity index (χ0v) is 24.1. The highest BCUT2D eigenvalue weighted by atomic mass is 32.2. The summed E-state index contributed by atoms with van der Waals surface area (Å²) in [5.74, 6) is -0.577. The van der Waals surface area contributed by atoms with Gasteiger partial charge in [-0.3, -0.25) is 9.78 Å². The van der Waals surface area contributed by atoms with Crippen LogP contribution in [0, 0.1) is 0 Å². The molecule has 0 spiro atoms. The Morgan fingerprint density at radius 1 is 0.846 bits per heavy atom. The van der Waals surface area contributed by atoms with Crippen LogP contribution in [0.1, 0.15) is 56.6 Å². The van der Waals surface area contributed by atoms with Gasteiger partial charge in [-0.2, -0.15) is 0 Å². The van der Waals surface area contributed by atoms with Crippen molar-refractivity contribution in [1.82, 2.24) is 9.38 Å². The van der Waals surface area contributed by atoms with Crippen molar-refractivity contribution >= 4 is 31.0 Å². The average molecular weight is 569 g/mol. The molecule has 0 saturated heterocycles.